The highest BCUT2D eigenvalue weighted by Gasteiger charge is 2.15. The van der Waals surface area contributed by atoms with Crippen LogP contribution in [-0.2, 0) is 6.54 Å². The third-order valence-corrected chi connectivity index (χ3v) is 5.51. The van der Waals surface area contributed by atoms with Crippen LogP contribution in [0.3, 0.4) is 0 Å². The lowest BCUT2D eigenvalue weighted by Gasteiger charge is -2.14. The number of nitrogens with zero attached hydrogens (tertiary/aromatic N) is 2. The number of hydrogen-bond donors (Lipinski definition) is 1. The molecule has 25 heavy (non-hydrogen) atoms. The Morgan fingerprint density at radius 3 is 3.04 bits per heavy atom. The third-order valence-electron chi connectivity index (χ3n) is 3.74. The third kappa shape index (κ3) is 3.12. The molecule has 3 heterocycles. The van der Waals surface area contributed by atoms with Gasteiger partial charge in [-0.25, -0.2) is 4.98 Å². The Morgan fingerprint density at radius 2 is 2.20 bits per heavy atom. The van der Waals surface area contributed by atoms with E-state index in [4.69, 9.17) is 4.74 Å². The number of ether oxygens (including phenoxy) is 1. The second-order valence-corrected chi connectivity index (χ2v) is 7.83. The highest BCUT2D eigenvalue weighted by atomic mass is 32.1. The lowest BCUT2D eigenvalue weighted by Crippen LogP contribution is -2.22. The highest BCUT2D eigenvalue weighted by molar-refractivity contribution is 7.21. The molecule has 1 aromatic carbocycles. The van der Waals surface area contributed by atoms with E-state index >= 15 is 0 Å². The van der Waals surface area contributed by atoms with Crippen molar-refractivity contribution >= 4 is 43.9 Å². The molecule has 0 saturated carbocycles. The predicted octanol–water partition coefficient (Wildman–Crippen LogP) is 4.33. The lowest BCUT2D eigenvalue weighted by molar-refractivity contribution is 0.0954. The Kier molecular flexibility index (Phi) is 4.19. The number of imidazole rings is 1. The van der Waals surface area contributed by atoms with E-state index in [-0.39, 0.29) is 12.0 Å². The summed E-state index contributed by atoms with van der Waals surface area (Å²) >= 11 is 3.01. The molecule has 7 heteroatoms. The lowest BCUT2D eigenvalue weighted by atomic mass is 10.2. The average Bonchev–Trinajstić information content (AvgIpc) is 3.25. The van der Waals surface area contributed by atoms with Gasteiger partial charge in [-0.2, -0.15) is 0 Å². The van der Waals surface area contributed by atoms with Crippen LogP contribution in [0.2, 0.25) is 0 Å². The summed E-state index contributed by atoms with van der Waals surface area (Å²) in [4.78, 5) is 19.6. The number of thiazole rings is 1. The maximum Gasteiger partial charge on any atom is 0.261 e. The van der Waals surface area contributed by atoms with Crippen LogP contribution in [0, 0.1) is 0 Å². The zero-order valence-electron chi connectivity index (χ0n) is 13.9. The molecule has 0 fully saturated rings. The zero-order valence-corrected chi connectivity index (χ0v) is 15.5. The van der Waals surface area contributed by atoms with E-state index in [0.29, 0.717) is 11.4 Å². The smallest absolute Gasteiger partial charge is 0.261 e. The summed E-state index contributed by atoms with van der Waals surface area (Å²) in [6.45, 7) is 4.41. The van der Waals surface area contributed by atoms with Crippen molar-refractivity contribution in [1.82, 2.24) is 14.7 Å². The number of benzene rings is 1. The summed E-state index contributed by atoms with van der Waals surface area (Å²) in [7, 11) is 0. The number of carbonyl (C=O) groups is 1. The van der Waals surface area contributed by atoms with Crippen molar-refractivity contribution in [2.45, 2.75) is 26.5 Å². The first kappa shape index (κ1) is 16.1. The summed E-state index contributed by atoms with van der Waals surface area (Å²) in [6, 6.07) is 9.68. The van der Waals surface area contributed by atoms with Crippen molar-refractivity contribution in [3.63, 3.8) is 0 Å². The first-order chi connectivity index (χ1) is 12.1. The van der Waals surface area contributed by atoms with Gasteiger partial charge in [-0.15, -0.1) is 22.7 Å². The standard InChI is InChI=1S/C18H17N3O2S2/c1-11(2)23-14-6-4-3-5-12(14)10-19-16(22)15-9-13-17(25-15)20-18-21(13)7-8-24-18/h3-9,11H,10H2,1-2H3,(H,19,22). The first-order valence-electron chi connectivity index (χ1n) is 7.99. The number of carbonyl (C=O) groups excluding carboxylic acids is 1. The van der Waals surface area contributed by atoms with Gasteiger partial charge in [-0.1, -0.05) is 18.2 Å². The Balaban J connectivity index is 1.51. The monoisotopic (exact) mass is 371 g/mol. The van der Waals surface area contributed by atoms with Crippen LogP contribution in [0.25, 0.3) is 15.3 Å². The number of hydrogen-bond acceptors (Lipinski definition) is 5. The molecule has 3 aromatic heterocycles. The second-order valence-electron chi connectivity index (χ2n) is 5.93. The van der Waals surface area contributed by atoms with Crippen LogP contribution in [0.15, 0.2) is 41.9 Å². The van der Waals surface area contributed by atoms with Gasteiger partial charge in [0, 0.05) is 23.7 Å². The first-order valence-corrected chi connectivity index (χ1v) is 9.69. The van der Waals surface area contributed by atoms with Gasteiger partial charge >= 0.3 is 0 Å². The Bertz CT molecular complexity index is 1050. The molecule has 0 spiro atoms. The van der Waals surface area contributed by atoms with E-state index < -0.39 is 0 Å². The molecule has 0 aliphatic carbocycles. The van der Waals surface area contributed by atoms with Gasteiger partial charge in [0.15, 0.2) is 4.96 Å². The summed E-state index contributed by atoms with van der Waals surface area (Å²) in [6.07, 6.45) is 2.07. The van der Waals surface area contributed by atoms with Gasteiger partial charge in [-0.05, 0) is 26.0 Å². The molecule has 4 rings (SSSR count). The number of thiophene rings is 1. The topological polar surface area (TPSA) is 55.6 Å². The molecule has 0 radical (unpaired) electrons. The predicted molar refractivity (Wildman–Crippen MR) is 102 cm³/mol. The average molecular weight is 371 g/mol. The Morgan fingerprint density at radius 1 is 1.36 bits per heavy atom. The largest absolute Gasteiger partial charge is 0.491 e. The van der Waals surface area contributed by atoms with Crippen LogP contribution in [0.4, 0.5) is 0 Å². The molecule has 4 aromatic rings. The van der Waals surface area contributed by atoms with Crippen LogP contribution in [0.5, 0.6) is 5.75 Å². The molecule has 5 nitrogen and oxygen atoms in total. The number of amides is 1. The quantitative estimate of drug-likeness (QED) is 0.568. The number of rotatable bonds is 5. The SMILES string of the molecule is CC(C)Oc1ccccc1CNC(=O)c1cc2c(nc3sccn32)s1. The number of fused-ring (bicyclic) bond motifs is 3. The molecule has 0 aliphatic rings. The van der Waals surface area contributed by atoms with Crippen molar-refractivity contribution in [1.29, 1.82) is 0 Å². The van der Waals surface area contributed by atoms with Crippen molar-refractivity contribution in [2.75, 3.05) is 0 Å². The summed E-state index contributed by atoms with van der Waals surface area (Å²) in [5.41, 5.74) is 1.95. The molecule has 0 unspecified atom stereocenters. The minimum Gasteiger partial charge on any atom is -0.491 e. The number of aromatic nitrogens is 2. The normalized spacial score (nSPS) is 11.5. The molecule has 128 valence electrons. The van der Waals surface area contributed by atoms with Gasteiger partial charge in [0.05, 0.1) is 16.5 Å². The van der Waals surface area contributed by atoms with Crippen molar-refractivity contribution in [2.24, 2.45) is 0 Å². The molecule has 1 N–H and O–H groups in total. The van der Waals surface area contributed by atoms with E-state index in [9.17, 15) is 4.79 Å². The van der Waals surface area contributed by atoms with Gasteiger partial charge in [0.25, 0.3) is 5.91 Å². The van der Waals surface area contributed by atoms with Crippen molar-refractivity contribution in [3.05, 3.63) is 52.3 Å². The van der Waals surface area contributed by atoms with Crippen LogP contribution >= 0.6 is 22.7 Å². The fourth-order valence-corrected chi connectivity index (χ4v) is 4.36. The summed E-state index contributed by atoms with van der Waals surface area (Å²) < 4.78 is 7.81. The number of nitrogens with one attached hydrogen (secondary N) is 1. The van der Waals surface area contributed by atoms with Crippen LogP contribution < -0.4 is 10.1 Å². The maximum atomic E-state index is 12.5. The van der Waals surface area contributed by atoms with Gasteiger partial charge < -0.3 is 10.1 Å². The van der Waals surface area contributed by atoms with Gasteiger partial charge in [0.2, 0.25) is 0 Å². The van der Waals surface area contributed by atoms with E-state index in [1.807, 2.05) is 60.2 Å². The molecule has 0 saturated heterocycles. The molecular weight excluding hydrogens is 354 g/mol. The molecule has 0 atom stereocenters. The van der Waals surface area contributed by atoms with Crippen molar-refractivity contribution < 1.29 is 9.53 Å². The molecule has 0 bridgehead atoms. The van der Waals surface area contributed by atoms with Gasteiger partial charge in [-0.3, -0.25) is 9.20 Å². The van der Waals surface area contributed by atoms with Crippen molar-refractivity contribution in [3.8, 4) is 5.75 Å². The molecule has 1 amide bonds. The number of para-hydroxylation sites is 1. The Hall–Kier alpha value is -2.38. The fourth-order valence-electron chi connectivity index (χ4n) is 2.64. The fraction of sp³-hybridized carbons (Fsp3) is 0.222. The van der Waals surface area contributed by atoms with E-state index in [0.717, 1.165) is 26.6 Å². The Labute approximate surface area is 152 Å². The summed E-state index contributed by atoms with van der Waals surface area (Å²) in [5, 5.41) is 4.97. The van der Waals surface area contributed by atoms with Crippen LogP contribution in [-0.4, -0.2) is 21.4 Å². The zero-order chi connectivity index (χ0) is 17.4. The molecule has 0 aliphatic heterocycles. The van der Waals surface area contributed by atoms with Gasteiger partial charge in [0.1, 0.15) is 10.6 Å². The highest BCUT2D eigenvalue weighted by Crippen LogP contribution is 2.28. The van der Waals surface area contributed by atoms with E-state index in [1.54, 1.807) is 11.3 Å². The summed E-state index contributed by atoms with van der Waals surface area (Å²) in [5.74, 6) is 0.714. The van der Waals surface area contributed by atoms with E-state index in [1.165, 1.54) is 11.3 Å². The second kappa shape index (κ2) is 6.50. The minimum absolute atomic E-state index is 0.0914. The van der Waals surface area contributed by atoms with Crippen LogP contribution in [0.1, 0.15) is 29.1 Å². The maximum absolute atomic E-state index is 12.5. The molecular formula is C18H17N3O2S2. The van der Waals surface area contributed by atoms with E-state index in [2.05, 4.69) is 10.3 Å². The minimum atomic E-state index is -0.0914.